The molecule has 0 radical (unpaired) electrons. The maximum absolute atomic E-state index is 9.94. The third kappa shape index (κ3) is 5.00. The highest BCUT2D eigenvalue weighted by Crippen LogP contribution is 2.28. The Bertz CT molecular complexity index is 610. The van der Waals surface area contributed by atoms with E-state index in [0.29, 0.717) is 27.2 Å². The molecular formula is C15H15Cl2NO2S. The quantitative estimate of drug-likeness (QED) is 0.612. The van der Waals surface area contributed by atoms with Crippen molar-refractivity contribution >= 4 is 40.7 Å². The van der Waals surface area contributed by atoms with Gasteiger partial charge in [-0.15, -0.1) is 11.8 Å². The predicted octanol–water partition coefficient (Wildman–Crippen LogP) is 4.11. The molecule has 0 heterocycles. The zero-order valence-corrected chi connectivity index (χ0v) is 13.5. The van der Waals surface area contributed by atoms with E-state index >= 15 is 0 Å². The molecule has 0 spiro atoms. The van der Waals surface area contributed by atoms with Crippen LogP contribution in [-0.2, 0) is 0 Å². The average molecular weight is 344 g/mol. The van der Waals surface area contributed by atoms with Gasteiger partial charge in [-0.2, -0.15) is 0 Å². The number of hydrogen-bond donors (Lipinski definition) is 2. The van der Waals surface area contributed by atoms with Gasteiger partial charge in [0.05, 0.1) is 21.8 Å². The van der Waals surface area contributed by atoms with Crippen molar-refractivity contribution in [1.82, 2.24) is 0 Å². The van der Waals surface area contributed by atoms with Crippen molar-refractivity contribution in [2.24, 2.45) is 0 Å². The molecular weight excluding hydrogens is 329 g/mol. The summed E-state index contributed by atoms with van der Waals surface area (Å²) >= 11 is 13.3. The Hall–Kier alpha value is -1.07. The van der Waals surface area contributed by atoms with E-state index in [1.54, 1.807) is 24.3 Å². The molecule has 3 N–H and O–H groups in total. The molecule has 1 unspecified atom stereocenters. The second-order valence-corrected chi connectivity index (χ2v) is 6.30. The minimum absolute atomic E-state index is 0.183. The van der Waals surface area contributed by atoms with Crippen LogP contribution < -0.4 is 10.5 Å². The number of aliphatic hydroxyl groups is 1. The Morgan fingerprint density at radius 3 is 2.62 bits per heavy atom. The van der Waals surface area contributed by atoms with Crippen molar-refractivity contribution in [3.8, 4) is 5.75 Å². The smallest absolute Gasteiger partial charge is 0.142 e. The average Bonchev–Trinajstić information content (AvgIpc) is 2.47. The van der Waals surface area contributed by atoms with Gasteiger partial charge in [0.15, 0.2) is 0 Å². The Balaban J connectivity index is 1.81. The van der Waals surface area contributed by atoms with E-state index in [1.807, 2.05) is 18.2 Å². The van der Waals surface area contributed by atoms with Crippen LogP contribution in [0.4, 0.5) is 5.69 Å². The number of thioether (sulfide) groups is 1. The van der Waals surface area contributed by atoms with Gasteiger partial charge in [0.1, 0.15) is 12.4 Å². The molecule has 6 heteroatoms. The fraction of sp³-hybridized carbons (Fsp3) is 0.200. The molecule has 0 bridgehead atoms. The van der Waals surface area contributed by atoms with E-state index in [4.69, 9.17) is 33.7 Å². The molecule has 0 saturated heterocycles. The fourth-order valence-electron chi connectivity index (χ4n) is 1.61. The van der Waals surface area contributed by atoms with Crippen molar-refractivity contribution in [2.45, 2.75) is 11.0 Å². The lowest BCUT2D eigenvalue weighted by Gasteiger charge is -2.13. The first-order chi connectivity index (χ1) is 10.1. The molecule has 0 fully saturated rings. The molecule has 0 aliphatic carbocycles. The minimum atomic E-state index is -0.607. The van der Waals surface area contributed by atoms with Crippen molar-refractivity contribution in [2.75, 3.05) is 18.1 Å². The maximum Gasteiger partial charge on any atom is 0.142 e. The summed E-state index contributed by atoms with van der Waals surface area (Å²) in [5.74, 6) is 1.07. The third-order valence-corrected chi connectivity index (χ3v) is 4.56. The van der Waals surface area contributed by atoms with Crippen molar-refractivity contribution in [1.29, 1.82) is 0 Å². The van der Waals surface area contributed by atoms with Gasteiger partial charge in [0.2, 0.25) is 0 Å². The molecule has 3 nitrogen and oxygen atoms in total. The molecule has 2 aromatic carbocycles. The number of halogens is 2. The number of rotatable bonds is 6. The number of nitrogen functional groups attached to an aromatic ring is 1. The lowest BCUT2D eigenvalue weighted by molar-refractivity contribution is 0.127. The van der Waals surface area contributed by atoms with E-state index in [2.05, 4.69) is 0 Å². The van der Waals surface area contributed by atoms with Crippen LogP contribution in [0, 0.1) is 0 Å². The number of para-hydroxylation sites is 2. The van der Waals surface area contributed by atoms with Crippen LogP contribution in [-0.4, -0.2) is 23.6 Å². The van der Waals surface area contributed by atoms with Gasteiger partial charge < -0.3 is 15.6 Å². The van der Waals surface area contributed by atoms with Gasteiger partial charge in [-0.3, -0.25) is 0 Å². The summed E-state index contributed by atoms with van der Waals surface area (Å²) in [4.78, 5) is 0.947. The van der Waals surface area contributed by atoms with Crippen LogP contribution in [0.15, 0.2) is 47.4 Å². The largest absolute Gasteiger partial charge is 0.489 e. The lowest BCUT2D eigenvalue weighted by atomic mass is 10.3. The van der Waals surface area contributed by atoms with Crippen LogP contribution >= 0.6 is 35.0 Å². The molecule has 1 atom stereocenters. The van der Waals surface area contributed by atoms with Crippen LogP contribution in [0.3, 0.4) is 0 Å². The summed E-state index contributed by atoms with van der Waals surface area (Å²) in [5, 5.41) is 11.0. The van der Waals surface area contributed by atoms with E-state index in [-0.39, 0.29) is 6.61 Å². The fourth-order valence-corrected chi connectivity index (χ4v) is 2.81. The molecule has 112 valence electrons. The van der Waals surface area contributed by atoms with Crippen molar-refractivity contribution in [3.63, 3.8) is 0 Å². The molecule has 0 amide bonds. The summed E-state index contributed by atoms with van der Waals surface area (Å²) in [6, 6.07) is 12.6. The predicted molar refractivity (Wildman–Crippen MR) is 89.5 cm³/mol. The van der Waals surface area contributed by atoms with Gasteiger partial charge in [-0.1, -0.05) is 35.3 Å². The van der Waals surface area contributed by atoms with Gasteiger partial charge in [0.25, 0.3) is 0 Å². The van der Waals surface area contributed by atoms with Gasteiger partial charge >= 0.3 is 0 Å². The van der Waals surface area contributed by atoms with Crippen LogP contribution in [0.25, 0.3) is 0 Å². The molecule has 0 saturated carbocycles. The summed E-state index contributed by atoms with van der Waals surface area (Å²) < 4.78 is 5.49. The molecule has 21 heavy (non-hydrogen) atoms. The zero-order chi connectivity index (χ0) is 15.2. The monoisotopic (exact) mass is 343 g/mol. The SMILES string of the molecule is Nc1ccccc1OCC(O)CSc1ccc(Cl)c(Cl)c1. The van der Waals surface area contributed by atoms with Gasteiger partial charge in [-0.05, 0) is 30.3 Å². The second kappa shape index (κ2) is 7.80. The van der Waals surface area contributed by atoms with Crippen LogP contribution in [0.2, 0.25) is 10.0 Å². The molecule has 0 aliphatic heterocycles. The highest BCUT2D eigenvalue weighted by Gasteiger charge is 2.08. The number of hydrogen-bond acceptors (Lipinski definition) is 4. The maximum atomic E-state index is 9.94. The Morgan fingerprint density at radius 1 is 1.14 bits per heavy atom. The Labute approximate surface area is 138 Å². The van der Waals surface area contributed by atoms with E-state index < -0.39 is 6.10 Å². The normalized spacial score (nSPS) is 12.1. The standard InChI is InChI=1S/C15H15Cl2NO2S/c16-12-6-5-11(7-13(12)17)21-9-10(19)8-20-15-4-2-1-3-14(15)18/h1-7,10,19H,8-9,18H2. The molecule has 0 aliphatic rings. The molecule has 2 rings (SSSR count). The highest BCUT2D eigenvalue weighted by molar-refractivity contribution is 7.99. The first-order valence-electron chi connectivity index (χ1n) is 6.29. The van der Waals surface area contributed by atoms with E-state index in [1.165, 1.54) is 11.8 Å². The Morgan fingerprint density at radius 2 is 1.90 bits per heavy atom. The van der Waals surface area contributed by atoms with Crippen LogP contribution in [0.5, 0.6) is 5.75 Å². The number of benzene rings is 2. The number of ether oxygens (including phenoxy) is 1. The first-order valence-corrected chi connectivity index (χ1v) is 8.03. The third-order valence-electron chi connectivity index (χ3n) is 2.68. The topological polar surface area (TPSA) is 55.5 Å². The van der Waals surface area contributed by atoms with Crippen molar-refractivity contribution in [3.05, 3.63) is 52.5 Å². The molecule has 2 aromatic rings. The number of anilines is 1. The minimum Gasteiger partial charge on any atom is -0.489 e. The zero-order valence-electron chi connectivity index (χ0n) is 11.1. The van der Waals surface area contributed by atoms with E-state index in [0.717, 1.165) is 4.90 Å². The van der Waals surface area contributed by atoms with Gasteiger partial charge in [-0.25, -0.2) is 0 Å². The second-order valence-electron chi connectivity index (χ2n) is 4.39. The van der Waals surface area contributed by atoms with E-state index in [9.17, 15) is 5.11 Å². The number of aliphatic hydroxyl groups excluding tert-OH is 1. The summed E-state index contributed by atoms with van der Waals surface area (Å²) in [6.07, 6.45) is -0.607. The summed E-state index contributed by atoms with van der Waals surface area (Å²) in [6.45, 7) is 0.183. The first kappa shape index (κ1) is 16.3. The van der Waals surface area contributed by atoms with Gasteiger partial charge in [0, 0.05) is 10.6 Å². The summed E-state index contributed by atoms with van der Waals surface area (Å²) in [7, 11) is 0. The highest BCUT2D eigenvalue weighted by atomic mass is 35.5. The Kier molecular flexibility index (Phi) is 6.06. The number of nitrogens with two attached hydrogens (primary N) is 1. The van der Waals surface area contributed by atoms with Crippen molar-refractivity contribution < 1.29 is 9.84 Å². The molecule has 0 aromatic heterocycles. The van der Waals surface area contributed by atoms with Crippen LogP contribution in [0.1, 0.15) is 0 Å². The lowest BCUT2D eigenvalue weighted by Crippen LogP contribution is -2.20. The summed E-state index contributed by atoms with van der Waals surface area (Å²) in [5.41, 5.74) is 6.32.